The van der Waals surface area contributed by atoms with Gasteiger partial charge in [-0.05, 0) is 13.8 Å². The maximum absolute atomic E-state index is 11.8. The fraction of sp³-hybridized carbons (Fsp3) is 0.571. The molecule has 3 rings (SSSR count). The van der Waals surface area contributed by atoms with E-state index in [1.807, 2.05) is 18.7 Å². The topological polar surface area (TPSA) is 78.0 Å². The van der Waals surface area contributed by atoms with E-state index >= 15 is 0 Å². The Hall–Kier alpha value is -2.18. The van der Waals surface area contributed by atoms with Crippen molar-refractivity contribution in [1.29, 1.82) is 0 Å². The molecule has 1 amide bonds. The van der Waals surface area contributed by atoms with Crippen molar-refractivity contribution in [3.8, 4) is 0 Å². The standard InChI is InChI=1S/C14H20N6O/c1-4-12(21)19-5-6-20(9(2)8-19)14-11-7-15-18-13(11)16-10(3)17-14/h7,9H,4-6,8H2,1-3H3,(H,15,16,17,18). The van der Waals surface area contributed by atoms with Crippen molar-refractivity contribution < 1.29 is 4.79 Å². The molecule has 1 N–H and O–H groups in total. The third-order valence-electron chi connectivity index (χ3n) is 3.96. The zero-order chi connectivity index (χ0) is 15.0. The minimum Gasteiger partial charge on any atom is -0.350 e. The van der Waals surface area contributed by atoms with Crippen LogP contribution in [-0.4, -0.2) is 56.6 Å². The summed E-state index contributed by atoms with van der Waals surface area (Å²) in [6.45, 7) is 8.16. The van der Waals surface area contributed by atoms with Crippen molar-refractivity contribution in [3.05, 3.63) is 12.0 Å². The summed E-state index contributed by atoms with van der Waals surface area (Å²) >= 11 is 0. The van der Waals surface area contributed by atoms with E-state index in [4.69, 9.17) is 0 Å². The first-order chi connectivity index (χ1) is 10.1. The Balaban J connectivity index is 1.90. The summed E-state index contributed by atoms with van der Waals surface area (Å²) in [4.78, 5) is 25.0. The highest BCUT2D eigenvalue weighted by atomic mass is 16.2. The molecule has 112 valence electrons. The van der Waals surface area contributed by atoms with Crippen molar-refractivity contribution in [2.24, 2.45) is 0 Å². The Morgan fingerprint density at radius 1 is 1.43 bits per heavy atom. The van der Waals surface area contributed by atoms with E-state index < -0.39 is 0 Å². The van der Waals surface area contributed by atoms with E-state index in [-0.39, 0.29) is 11.9 Å². The van der Waals surface area contributed by atoms with Crippen LogP contribution in [0.15, 0.2) is 6.20 Å². The minimum absolute atomic E-state index is 0.217. The van der Waals surface area contributed by atoms with Gasteiger partial charge in [-0.2, -0.15) is 5.10 Å². The minimum atomic E-state index is 0.217. The Labute approximate surface area is 123 Å². The number of hydrogen-bond donors (Lipinski definition) is 1. The molecule has 2 aromatic rings. The van der Waals surface area contributed by atoms with Gasteiger partial charge in [-0.3, -0.25) is 9.89 Å². The SMILES string of the molecule is CCC(=O)N1CCN(c2nc(C)nc3[nH]ncc23)C(C)C1. The first kappa shape index (κ1) is 13.8. The maximum Gasteiger partial charge on any atom is 0.222 e. The predicted octanol–water partition coefficient (Wildman–Crippen LogP) is 1.11. The molecule has 0 bridgehead atoms. The van der Waals surface area contributed by atoms with Crippen molar-refractivity contribution in [3.63, 3.8) is 0 Å². The van der Waals surface area contributed by atoms with Crippen LogP contribution in [0.5, 0.6) is 0 Å². The molecule has 1 unspecified atom stereocenters. The number of carbonyl (C=O) groups is 1. The summed E-state index contributed by atoms with van der Waals surface area (Å²) in [5, 5.41) is 7.89. The van der Waals surface area contributed by atoms with Gasteiger partial charge in [0.15, 0.2) is 5.65 Å². The molecular formula is C14H20N6O. The molecule has 0 saturated carbocycles. The predicted molar refractivity (Wildman–Crippen MR) is 80.1 cm³/mol. The summed E-state index contributed by atoms with van der Waals surface area (Å²) in [6, 6.07) is 0.224. The monoisotopic (exact) mass is 288 g/mol. The van der Waals surface area contributed by atoms with Gasteiger partial charge >= 0.3 is 0 Å². The second kappa shape index (κ2) is 5.31. The number of aromatic nitrogens is 4. The van der Waals surface area contributed by atoms with Crippen LogP contribution in [0.1, 0.15) is 26.1 Å². The summed E-state index contributed by atoms with van der Waals surface area (Å²) in [7, 11) is 0. The Morgan fingerprint density at radius 2 is 2.24 bits per heavy atom. The van der Waals surface area contributed by atoms with Gasteiger partial charge in [-0.1, -0.05) is 6.92 Å². The zero-order valence-corrected chi connectivity index (χ0v) is 12.6. The van der Waals surface area contributed by atoms with Crippen molar-refractivity contribution in [1.82, 2.24) is 25.1 Å². The van der Waals surface area contributed by atoms with Crippen LogP contribution in [0.3, 0.4) is 0 Å². The highest BCUT2D eigenvalue weighted by molar-refractivity contribution is 5.86. The Kier molecular flexibility index (Phi) is 3.48. The van der Waals surface area contributed by atoms with Crippen LogP contribution in [0.25, 0.3) is 11.0 Å². The molecule has 1 saturated heterocycles. The van der Waals surface area contributed by atoms with Gasteiger partial charge in [0.25, 0.3) is 0 Å². The van der Waals surface area contributed by atoms with Crippen molar-refractivity contribution in [2.75, 3.05) is 24.5 Å². The lowest BCUT2D eigenvalue weighted by Crippen LogP contribution is -2.54. The zero-order valence-electron chi connectivity index (χ0n) is 12.6. The van der Waals surface area contributed by atoms with Crippen molar-refractivity contribution >= 4 is 22.8 Å². The largest absolute Gasteiger partial charge is 0.350 e. The van der Waals surface area contributed by atoms with E-state index in [9.17, 15) is 4.79 Å². The smallest absolute Gasteiger partial charge is 0.222 e. The van der Waals surface area contributed by atoms with Crippen LogP contribution >= 0.6 is 0 Å². The number of aryl methyl sites for hydroxylation is 1. The first-order valence-corrected chi connectivity index (χ1v) is 7.32. The highest BCUT2D eigenvalue weighted by Gasteiger charge is 2.28. The van der Waals surface area contributed by atoms with E-state index in [2.05, 4.69) is 32.0 Å². The van der Waals surface area contributed by atoms with E-state index in [0.29, 0.717) is 6.42 Å². The molecule has 0 aromatic carbocycles. The van der Waals surface area contributed by atoms with Crippen LogP contribution in [0, 0.1) is 6.92 Å². The number of amides is 1. The maximum atomic E-state index is 11.8. The van der Waals surface area contributed by atoms with Gasteiger partial charge in [0, 0.05) is 32.1 Å². The quantitative estimate of drug-likeness (QED) is 0.895. The number of hydrogen-bond acceptors (Lipinski definition) is 5. The fourth-order valence-corrected chi connectivity index (χ4v) is 2.87. The molecule has 7 nitrogen and oxygen atoms in total. The molecule has 1 aliphatic heterocycles. The second-order valence-corrected chi connectivity index (χ2v) is 5.46. The normalized spacial score (nSPS) is 19.3. The van der Waals surface area contributed by atoms with Gasteiger partial charge in [-0.25, -0.2) is 9.97 Å². The number of aromatic amines is 1. The van der Waals surface area contributed by atoms with Crippen LogP contribution in [0.2, 0.25) is 0 Å². The van der Waals surface area contributed by atoms with Crippen LogP contribution in [-0.2, 0) is 4.79 Å². The van der Waals surface area contributed by atoms with E-state index in [0.717, 1.165) is 42.3 Å². The number of piperazine rings is 1. The number of fused-ring (bicyclic) bond motifs is 1. The van der Waals surface area contributed by atoms with Gasteiger partial charge in [0.1, 0.15) is 11.6 Å². The molecule has 0 radical (unpaired) electrons. The second-order valence-electron chi connectivity index (χ2n) is 5.46. The Bertz CT molecular complexity index is 667. The van der Waals surface area contributed by atoms with E-state index in [1.54, 1.807) is 6.20 Å². The van der Waals surface area contributed by atoms with Crippen LogP contribution in [0.4, 0.5) is 5.82 Å². The third-order valence-corrected chi connectivity index (χ3v) is 3.96. The summed E-state index contributed by atoms with van der Waals surface area (Å²) in [5.41, 5.74) is 0.761. The highest BCUT2D eigenvalue weighted by Crippen LogP contribution is 2.26. The molecule has 3 heterocycles. The summed E-state index contributed by atoms with van der Waals surface area (Å²) in [5.74, 6) is 1.84. The van der Waals surface area contributed by atoms with Gasteiger partial charge in [-0.15, -0.1) is 0 Å². The molecule has 1 atom stereocenters. The average molecular weight is 288 g/mol. The molecule has 0 spiro atoms. The lowest BCUT2D eigenvalue weighted by Gasteiger charge is -2.40. The lowest BCUT2D eigenvalue weighted by molar-refractivity contribution is -0.131. The number of nitrogens with zero attached hydrogens (tertiary/aromatic N) is 5. The van der Waals surface area contributed by atoms with E-state index in [1.165, 1.54) is 0 Å². The molecule has 1 aliphatic rings. The number of nitrogens with one attached hydrogen (secondary N) is 1. The fourth-order valence-electron chi connectivity index (χ4n) is 2.87. The number of carbonyl (C=O) groups excluding carboxylic acids is 1. The molecule has 1 fully saturated rings. The summed E-state index contributed by atoms with van der Waals surface area (Å²) in [6.07, 6.45) is 2.33. The molecule has 2 aromatic heterocycles. The lowest BCUT2D eigenvalue weighted by atomic mass is 10.1. The van der Waals surface area contributed by atoms with Gasteiger partial charge in [0.2, 0.25) is 5.91 Å². The molecule has 21 heavy (non-hydrogen) atoms. The number of anilines is 1. The average Bonchev–Trinajstić information content (AvgIpc) is 2.93. The molecule has 0 aliphatic carbocycles. The van der Waals surface area contributed by atoms with Gasteiger partial charge < -0.3 is 9.80 Å². The number of rotatable bonds is 2. The molecular weight excluding hydrogens is 268 g/mol. The Morgan fingerprint density at radius 3 is 2.95 bits per heavy atom. The third kappa shape index (κ3) is 2.43. The molecule has 7 heteroatoms. The number of H-pyrrole nitrogens is 1. The van der Waals surface area contributed by atoms with Crippen molar-refractivity contribution in [2.45, 2.75) is 33.2 Å². The van der Waals surface area contributed by atoms with Gasteiger partial charge in [0.05, 0.1) is 11.6 Å². The first-order valence-electron chi connectivity index (χ1n) is 7.32. The van der Waals surface area contributed by atoms with Crippen LogP contribution < -0.4 is 4.90 Å². The summed E-state index contributed by atoms with van der Waals surface area (Å²) < 4.78 is 0.